The highest BCUT2D eigenvalue weighted by molar-refractivity contribution is 5.75. The van der Waals surface area contributed by atoms with E-state index in [9.17, 15) is 0 Å². The van der Waals surface area contributed by atoms with E-state index in [0.29, 0.717) is 12.0 Å². The fourth-order valence-corrected chi connectivity index (χ4v) is 6.18. The van der Waals surface area contributed by atoms with Gasteiger partial charge in [0.15, 0.2) is 0 Å². The zero-order valence-corrected chi connectivity index (χ0v) is 23.1. The number of aryl methyl sites for hydroxylation is 1. The highest BCUT2D eigenvalue weighted by atomic mass is 15.2. The summed E-state index contributed by atoms with van der Waals surface area (Å²) in [7, 11) is 0. The van der Waals surface area contributed by atoms with E-state index < -0.39 is 0 Å². The van der Waals surface area contributed by atoms with Crippen LogP contribution in [0, 0.1) is 5.92 Å². The molecule has 2 atom stereocenters. The van der Waals surface area contributed by atoms with Crippen molar-refractivity contribution in [3.63, 3.8) is 0 Å². The molecule has 2 aromatic rings. The lowest BCUT2D eigenvalue weighted by atomic mass is 9.87. The summed E-state index contributed by atoms with van der Waals surface area (Å²) in [6, 6.07) is 20.2. The van der Waals surface area contributed by atoms with Crippen LogP contribution in [0.1, 0.15) is 62.1 Å². The number of nitrogens with zero attached hydrogens (tertiary/aromatic N) is 1. The summed E-state index contributed by atoms with van der Waals surface area (Å²) < 4.78 is 0. The highest BCUT2D eigenvalue weighted by Crippen LogP contribution is 2.37. The smallest absolute Gasteiger partial charge is 0.0557 e. The molecule has 0 fully saturated rings. The van der Waals surface area contributed by atoms with Crippen LogP contribution in [-0.2, 0) is 6.42 Å². The van der Waals surface area contributed by atoms with Crippen molar-refractivity contribution in [2.75, 3.05) is 0 Å². The molecule has 0 heterocycles. The molecule has 0 amide bonds. The van der Waals surface area contributed by atoms with E-state index in [1.807, 2.05) is 0 Å². The van der Waals surface area contributed by atoms with Gasteiger partial charge in [-0.3, -0.25) is 0 Å². The molecule has 1 heteroatoms. The molecule has 0 saturated carbocycles. The Morgan fingerprint density at radius 1 is 0.744 bits per heavy atom. The molecule has 6 rings (SSSR count). The number of rotatable bonds is 7. The minimum absolute atomic E-state index is 0.323. The Morgan fingerprint density at radius 2 is 1.62 bits per heavy atom. The summed E-state index contributed by atoms with van der Waals surface area (Å²) in [6.45, 7) is 2.22. The van der Waals surface area contributed by atoms with Gasteiger partial charge in [0.05, 0.1) is 6.04 Å². The van der Waals surface area contributed by atoms with Crippen LogP contribution in [0.15, 0.2) is 138 Å². The first-order valence-corrected chi connectivity index (χ1v) is 14.8. The van der Waals surface area contributed by atoms with Gasteiger partial charge in [0.1, 0.15) is 0 Å². The highest BCUT2D eigenvalue weighted by Gasteiger charge is 2.26. The van der Waals surface area contributed by atoms with Gasteiger partial charge in [-0.05, 0) is 90.5 Å². The second-order valence-corrected chi connectivity index (χ2v) is 11.0. The Hall–Kier alpha value is -3.84. The van der Waals surface area contributed by atoms with Crippen molar-refractivity contribution < 1.29 is 0 Å². The number of allylic oxidation sites excluding steroid dienone is 13. The van der Waals surface area contributed by atoms with Crippen LogP contribution >= 0.6 is 0 Å². The van der Waals surface area contributed by atoms with E-state index in [1.165, 1.54) is 57.6 Å². The van der Waals surface area contributed by atoms with Crippen molar-refractivity contribution in [1.82, 2.24) is 4.90 Å². The molecule has 0 spiro atoms. The van der Waals surface area contributed by atoms with Gasteiger partial charge in [-0.1, -0.05) is 116 Å². The first-order chi connectivity index (χ1) is 19.3. The molecule has 0 N–H and O–H groups in total. The lowest BCUT2D eigenvalue weighted by Gasteiger charge is -2.38. The van der Waals surface area contributed by atoms with E-state index in [2.05, 4.69) is 133 Å². The molecule has 2 unspecified atom stereocenters. The molecule has 0 bridgehead atoms. The normalized spacial score (nSPS) is 22.4. The molecular formula is C38H39N. The van der Waals surface area contributed by atoms with Gasteiger partial charge in [-0.15, -0.1) is 0 Å². The zero-order chi connectivity index (χ0) is 26.4. The summed E-state index contributed by atoms with van der Waals surface area (Å²) in [5.41, 5.74) is 11.1. The summed E-state index contributed by atoms with van der Waals surface area (Å²) >= 11 is 0. The van der Waals surface area contributed by atoms with Crippen LogP contribution in [0.25, 0.3) is 11.1 Å². The zero-order valence-electron chi connectivity index (χ0n) is 23.1. The molecule has 0 radical (unpaired) electrons. The van der Waals surface area contributed by atoms with Crippen molar-refractivity contribution in [1.29, 1.82) is 0 Å². The van der Waals surface area contributed by atoms with Crippen LogP contribution < -0.4 is 0 Å². The standard InChI is InChI=1S/C38H39N/c1-2-29-13-15-32(16-14-29)35-21-27-38(28-22-35)39(36-23-17-33(18-24-36)30-9-5-3-6-10-30)37-25-19-34(20-26-37)31-11-7-4-8-12-31/h3,5-7,9-19,21,23,25-27,34,36H,2,4,8,20,22,24,28H2,1H3. The Bertz CT molecular complexity index is 1420. The van der Waals surface area contributed by atoms with Gasteiger partial charge in [-0.2, -0.15) is 0 Å². The number of hydrogen-bond donors (Lipinski definition) is 0. The summed E-state index contributed by atoms with van der Waals surface area (Å²) in [6.07, 6.45) is 33.9. The predicted octanol–water partition coefficient (Wildman–Crippen LogP) is 9.76. The van der Waals surface area contributed by atoms with E-state index >= 15 is 0 Å². The van der Waals surface area contributed by atoms with Gasteiger partial charge in [0.25, 0.3) is 0 Å². The SMILES string of the molecule is CCc1ccc(C2=CC=C(N(C3=CCC(C4=CCCC=C4)C=C3)C3C=CC(c4ccccc4)=CC3)CC2)cc1. The molecule has 1 nitrogen and oxygen atoms in total. The first kappa shape index (κ1) is 25.4. The third-order valence-corrected chi connectivity index (χ3v) is 8.50. The van der Waals surface area contributed by atoms with Crippen LogP contribution in [-0.4, -0.2) is 10.9 Å². The molecule has 4 aliphatic rings. The van der Waals surface area contributed by atoms with Crippen molar-refractivity contribution in [2.24, 2.45) is 5.92 Å². The fourth-order valence-electron chi connectivity index (χ4n) is 6.18. The van der Waals surface area contributed by atoms with Gasteiger partial charge in [-0.25, -0.2) is 0 Å². The van der Waals surface area contributed by atoms with Gasteiger partial charge in [0.2, 0.25) is 0 Å². The Labute approximate surface area is 234 Å². The summed E-state index contributed by atoms with van der Waals surface area (Å²) in [4.78, 5) is 2.61. The third kappa shape index (κ3) is 5.78. The first-order valence-electron chi connectivity index (χ1n) is 14.8. The fraction of sp³-hybridized carbons (Fsp3) is 0.263. The molecular weight excluding hydrogens is 470 g/mol. The summed E-state index contributed by atoms with van der Waals surface area (Å²) in [5.74, 6) is 0.497. The van der Waals surface area contributed by atoms with E-state index in [1.54, 1.807) is 0 Å². The van der Waals surface area contributed by atoms with Crippen LogP contribution in [0.3, 0.4) is 0 Å². The van der Waals surface area contributed by atoms with Gasteiger partial charge in [0, 0.05) is 17.3 Å². The average Bonchev–Trinajstić information content (AvgIpc) is 3.03. The Kier molecular flexibility index (Phi) is 7.77. The monoisotopic (exact) mass is 509 g/mol. The van der Waals surface area contributed by atoms with Crippen molar-refractivity contribution in [3.8, 4) is 0 Å². The minimum atomic E-state index is 0.323. The summed E-state index contributed by atoms with van der Waals surface area (Å²) in [5, 5.41) is 0. The van der Waals surface area contributed by atoms with Crippen molar-refractivity contribution in [2.45, 2.75) is 57.9 Å². The number of benzene rings is 2. The predicted molar refractivity (Wildman–Crippen MR) is 167 cm³/mol. The minimum Gasteiger partial charge on any atom is -0.338 e. The second kappa shape index (κ2) is 11.9. The van der Waals surface area contributed by atoms with Crippen LogP contribution in [0.2, 0.25) is 0 Å². The molecule has 0 saturated heterocycles. The maximum Gasteiger partial charge on any atom is 0.0557 e. The van der Waals surface area contributed by atoms with Gasteiger partial charge < -0.3 is 4.90 Å². The van der Waals surface area contributed by atoms with E-state index in [-0.39, 0.29) is 0 Å². The molecule has 4 aliphatic carbocycles. The van der Waals surface area contributed by atoms with Crippen LogP contribution in [0.4, 0.5) is 0 Å². The molecule has 0 aliphatic heterocycles. The quantitative estimate of drug-likeness (QED) is 0.359. The molecule has 0 aromatic heterocycles. The Balaban J connectivity index is 1.26. The average molecular weight is 510 g/mol. The third-order valence-electron chi connectivity index (χ3n) is 8.50. The van der Waals surface area contributed by atoms with Crippen molar-refractivity contribution >= 4 is 11.1 Å². The maximum atomic E-state index is 2.61. The van der Waals surface area contributed by atoms with E-state index in [4.69, 9.17) is 0 Å². The van der Waals surface area contributed by atoms with Crippen LogP contribution in [0.5, 0.6) is 0 Å². The largest absolute Gasteiger partial charge is 0.338 e. The topological polar surface area (TPSA) is 3.24 Å². The molecule has 196 valence electrons. The lowest BCUT2D eigenvalue weighted by molar-refractivity contribution is 0.355. The van der Waals surface area contributed by atoms with Gasteiger partial charge >= 0.3 is 0 Å². The van der Waals surface area contributed by atoms with E-state index in [0.717, 1.165) is 32.1 Å². The Morgan fingerprint density at radius 3 is 2.26 bits per heavy atom. The number of hydrogen-bond acceptors (Lipinski definition) is 1. The molecule has 39 heavy (non-hydrogen) atoms. The maximum absolute atomic E-state index is 2.61. The van der Waals surface area contributed by atoms with Crippen molar-refractivity contribution in [3.05, 3.63) is 155 Å². The second-order valence-electron chi connectivity index (χ2n) is 11.0. The molecule has 2 aromatic carbocycles. The lowest BCUT2D eigenvalue weighted by Crippen LogP contribution is -2.34.